The number of nitrogens with zero attached hydrogens (tertiary/aromatic N) is 3. The summed E-state index contributed by atoms with van der Waals surface area (Å²) in [6.45, 7) is 2.42. The normalized spacial score (nSPS) is 27.4. The molecule has 4 heterocycles. The maximum atomic E-state index is 12.8. The Hall–Kier alpha value is -1.77. The molecule has 0 saturated carbocycles. The lowest BCUT2D eigenvalue weighted by Gasteiger charge is -2.17. The molecule has 3 saturated heterocycles. The van der Waals surface area contributed by atoms with E-state index >= 15 is 0 Å². The molecule has 3 aliphatic rings. The second kappa shape index (κ2) is 7.57. The van der Waals surface area contributed by atoms with Gasteiger partial charge >= 0.3 is 13.4 Å². The first-order chi connectivity index (χ1) is 13.4. The summed E-state index contributed by atoms with van der Waals surface area (Å²) < 4.78 is 28.4. The van der Waals surface area contributed by atoms with Crippen molar-refractivity contribution in [3.63, 3.8) is 0 Å². The molecule has 3 fully saturated rings. The number of aromatic amines is 1. The van der Waals surface area contributed by atoms with Crippen LogP contribution in [-0.2, 0) is 13.8 Å². The van der Waals surface area contributed by atoms with Crippen molar-refractivity contribution in [3.05, 3.63) is 32.6 Å². The van der Waals surface area contributed by atoms with E-state index in [1.807, 2.05) is 0 Å². The van der Waals surface area contributed by atoms with Crippen molar-refractivity contribution >= 4 is 7.67 Å². The van der Waals surface area contributed by atoms with Crippen molar-refractivity contribution in [2.24, 2.45) is 0 Å². The zero-order valence-corrected chi connectivity index (χ0v) is 15.9. The van der Waals surface area contributed by atoms with Crippen LogP contribution in [0.3, 0.4) is 0 Å². The van der Waals surface area contributed by atoms with E-state index in [2.05, 4.69) is 16.8 Å². The van der Waals surface area contributed by atoms with E-state index in [0.29, 0.717) is 0 Å². The fraction of sp³-hybridized carbons (Fsp3) is 0.625. The van der Waals surface area contributed by atoms with Gasteiger partial charge in [0.2, 0.25) is 0 Å². The van der Waals surface area contributed by atoms with Gasteiger partial charge in [0.1, 0.15) is 24.5 Å². The van der Waals surface area contributed by atoms with Gasteiger partial charge in [0.05, 0.1) is 12.7 Å². The minimum Gasteiger partial charge on any atom is -0.394 e. The van der Waals surface area contributed by atoms with Gasteiger partial charge in [-0.15, -0.1) is 0 Å². The van der Waals surface area contributed by atoms with Crippen LogP contribution in [0, 0.1) is 11.8 Å². The molecule has 0 radical (unpaired) electrons. The van der Waals surface area contributed by atoms with Gasteiger partial charge in [-0.25, -0.2) is 14.1 Å². The van der Waals surface area contributed by atoms with Crippen molar-refractivity contribution in [3.8, 4) is 11.8 Å². The first-order valence-electron chi connectivity index (χ1n) is 8.96. The number of nitrogens with one attached hydrogen (secondary N) is 1. The highest BCUT2D eigenvalue weighted by atomic mass is 31.2. The van der Waals surface area contributed by atoms with E-state index < -0.39 is 37.4 Å². The average Bonchev–Trinajstić information content (AvgIpc) is 3.56. The molecule has 0 bridgehead atoms. The molecule has 3 aliphatic heterocycles. The highest BCUT2D eigenvalue weighted by Crippen LogP contribution is 2.60. The van der Waals surface area contributed by atoms with Crippen LogP contribution in [0.15, 0.2) is 15.8 Å². The second-order valence-electron chi connectivity index (χ2n) is 6.80. The summed E-state index contributed by atoms with van der Waals surface area (Å²) in [4.78, 5) is 26.2. The molecule has 11 nitrogen and oxygen atoms in total. The number of aromatic nitrogens is 2. The van der Waals surface area contributed by atoms with E-state index in [-0.39, 0.29) is 25.2 Å². The highest BCUT2D eigenvalue weighted by molar-refractivity contribution is 7.54. The molecule has 3 atom stereocenters. The predicted octanol–water partition coefficient (Wildman–Crippen LogP) is -1.72. The van der Waals surface area contributed by atoms with Gasteiger partial charge in [0.15, 0.2) is 0 Å². The van der Waals surface area contributed by atoms with Crippen LogP contribution in [0.5, 0.6) is 0 Å². The quantitative estimate of drug-likeness (QED) is 0.283. The van der Waals surface area contributed by atoms with Crippen LogP contribution in [0.25, 0.3) is 0 Å². The monoisotopic (exact) mass is 412 g/mol. The number of hydrogen-bond acceptors (Lipinski definition) is 7. The first-order valence-corrected chi connectivity index (χ1v) is 10.5. The molecule has 12 heteroatoms. The van der Waals surface area contributed by atoms with E-state index in [4.69, 9.17) is 14.4 Å². The van der Waals surface area contributed by atoms with E-state index in [1.165, 1.54) is 6.20 Å². The molecule has 28 heavy (non-hydrogen) atoms. The average molecular weight is 412 g/mol. The van der Waals surface area contributed by atoms with Crippen molar-refractivity contribution < 1.29 is 24.0 Å². The van der Waals surface area contributed by atoms with Crippen LogP contribution in [0.1, 0.15) is 18.2 Å². The van der Waals surface area contributed by atoms with Gasteiger partial charge in [0, 0.05) is 38.8 Å². The molecule has 0 amide bonds. The molecule has 0 aliphatic carbocycles. The lowest BCUT2D eigenvalue weighted by Crippen LogP contribution is -2.33. The molecule has 0 aromatic carbocycles. The van der Waals surface area contributed by atoms with Gasteiger partial charge < -0.3 is 14.9 Å². The van der Waals surface area contributed by atoms with Crippen LogP contribution in [-0.4, -0.2) is 80.7 Å². The van der Waals surface area contributed by atoms with Crippen LogP contribution in [0.4, 0.5) is 0 Å². The Labute approximate surface area is 160 Å². The Balaban J connectivity index is 1.48. The zero-order chi connectivity index (χ0) is 19.9. The van der Waals surface area contributed by atoms with E-state index in [1.54, 1.807) is 9.34 Å². The smallest absolute Gasteiger partial charge is 0.347 e. The first kappa shape index (κ1) is 19.5. The highest BCUT2D eigenvalue weighted by Gasteiger charge is 2.49. The van der Waals surface area contributed by atoms with E-state index in [9.17, 15) is 19.3 Å². The summed E-state index contributed by atoms with van der Waals surface area (Å²) in [5.41, 5.74) is -1.34. The molecule has 4 rings (SSSR count). The van der Waals surface area contributed by atoms with Crippen LogP contribution >= 0.6 is 7.67 Å². The number of aliphatic hydroxyl groups excluding tert-OH is 2. The van der Waals surface area contributed by atoms with Crippen molar-refractivity contribution in [1.29, 1.82) is 0 Å². The topological polar surface area (TPSA) is 137 Å². The fourth-order valence-electron chi connectivity index (χ4n) is 3.02. The Bertz CT molecular complexity index is 956. The summed E-state index contributed by atoms with van der Waals surface area (Å²) in [5.74, 6) is 5.29. The second-order valence-corrected chi connectivity index (χ2v) is 9.17. The lowest BCUT2D eigenvalue weighted by molar-refractivity contribution is -0.0459. The Kier molecular flexibility index (Phi) is 5.28. The third-order valence-corrected chi connectivity index (χ3v) is 7.45. The third kappa shape index (κ3) is 3.86. The molecular weight excluding hydrogens is 391 g/mol. The zero-order valence-electron chi connectivity index (χ0n) is 15.0. The summed E-state index contributed by atoms with van der Waals surface area (Å²) in [5, 5.41) is 19.0. The summed E-state index contributed by atoms with van der Waals surface area (Å²) in [6, 6.07) is 0. The van der Waals surface area contributed by atoms with Crippen molar-refractivity contribution in [2.75, 3.05) is 39.4 Å². The van der Waals surface area contributed by atoms with Gasteiger partial charge in [-0.2, -0.15) is 0 Å². The SMILES string of the molecule is O=c1[nH]c(=O)n([C@H]2C[C@H](O)[C@@H](CO)O2)cc1C#CCOP(=O)(N1CC1)N1CC1. The van der Waals surface area contributed by atoms with Crippen molar-refractivity contribution in [2.45, 2.75) is 24.9 Å². The molecule has 0 unspecified atom stereocenters. The standard InChI is InChI=1S/C16H21N4O7P/c21-10-13-12(22)8-14(27-13)20-9-11(15(23)17-16(20)24)2-1-7-26-28(25,18-3-4-18)19-5-6-19/h9,12-14,21-22H,3-8,10H2,(H,17,23,24)/t12-,13+,14+/m0/s1. The molecule has 3 N–H and O–H groups in total. The largest absolute Gasteiger partial charge is 0.394 e. The maximum absolute atomic E-state index is 12.8. The molecule has 0 spiro atoms. The van der Waals surface area contributed by atoms with Crippen LogP contribution < -0.4 is 11.2 Å². The Morgan fingerprint density at radius 1 is 1.29 bits per heavy atom. The summed E-state index contributed by atoms with van der Waals surface area (Å²) >= 11 is 0. The minimum absolute atomic E-state index is 0.0158. The minimum atomic E-state index is -2.97. The molecular formula is C16H21N4O7P. The maximum Gasteiger partial charge on any atom is 0.347 e. The summed E-state index contributed by atoms with van der Waals surface area (Å²) in [7, 11) is -2.97. The third-order valence-electron chi connectivity index (χ3n) is 4.75. The van der Waals surface area contributed by atoms with Crippen LogP contribution in [0.2, 0.25) is 0 Å². The van der Waals surface area contributed by atoms with E-state index in [0.717, 1.165) is 30.7 Å². The summed E-state index contributed by atoms with van der Waals surface area (Å²) in [6.07, 6.45) is -1.18. The lowest BCUT2D eigenvalue weighted by atomic mass is 10.2. The number of hydrogen-bond donors (Lipinski definition) is 3. The molecule has 152 valence electrons. The van der Waals surface area contributed by atoms with Gasteiger partial charge in [-0.3, -0.25) is 23.4 Å². The Morgan fingerprint density at radius 2 is 1.96 bits per heavy atom. The van der Waals surface area contributed by atoms with Gasteiger partial charge in [0.25, 0.3) is 5.56 Å². The molecule has 1 aromatic rings. The van der Waals surface area contributed by atoms with Gasteiger partial charge in [-0.1, -0.05) is 11.8 Å². The molecule has 1 aromatic heterocycles. The fourth-order valence-corrected chi connectivity index (χ4v) is 5.13. The number of aliphatic hydroxyl groups is 2. The Morgan fingerprint density at radius 3 is 2.54 bits per heavy atom. The number of ether oxygens (including phenoxy) is 1. The predicted molar refractivity (Wildman–Crippen MR) is 96.5 cm³/mol. The van der Waals surface area contributed by atoms with Crippen molar-refractivity contribution in [1.82, 2.24) is 18.9 Å². The number of H-pyrrole nitrogens is 1. The van der Waals surface area contributed by atoms with Gasteiger partial charge in [-0.05, 0) is 0 Å². The number of rotatable bonds is 6.